The van der Waals surface area contributed by atoms with Crippen molar-refractivity contribution in [3.8, 4) is 0 Å². The van der Waals surface area contributed by atoms with E-state index in [4.69, 9.17) is 0 Å². The number of piperidine rings is 1. The van der Waals surface area contributed by atoms with Crippen molar-refractivity contribution in [2.75, 3.05) is 13.1 Å². The van der Waals surface area contributed by atoms with Gasteiger partial charge in [-0.2, -0.15) is 0 Å². The molecular formula is C12H14FN3. The number of pyridine rings is 1. The highest BCUT2D eigenvalue weighted by atomic mass is 19.1. The lowest BCUT2D eigenvalue weighted by Gasteiger charge is -2.26. The molecule has 1 aliphatic heterocycles. The maximum atomic E-state index is 13.7. The third kappa shape index (κ3) is 1.59. The fraction of sp³-hybridized carbons (Fsp3) is 0.417. The van der Waals surface area contributed by atoms with E-state index in [1.54, 1.807) is 0 Å². The van der Waals surface area contributed by atoms with Crippen molar-refractivity contribution in [1.82, 2.24) is 15.3 Å². The van der Waals surface area contributed by atoms with Gasteiger partial charge in [-0.05, 0) is 31.2 Å². The van der Waals surface area contributed by atoms with Crippen LogP contribution in [-0.2, 0) is 0 Å². The molecule has 1 aliphatic rings. The maximum absolute atomic E-state index is 13.7. The summed E-state index contributed by atoms with van der Waals surface area (Å²) in [5, 5.41) is 3.06. The number of rotatable bonds is 1. The molecule has 0 saturated carbocycles. The molecule has 3 heterocycles. The van der Waals surface area contributed by atoms with Crippen LogP contribution < -0.4 is 5.32 Å². The number of aromatic nitrogens is 2. The Morgan fingerprint density at radius 3 is 3.12 bits per heavy atom. The highest BCUT2D eigenvalue weighted by molar-refractivity contribution is 5.74. The van der Waals surface area contributed by atoms with E-state index in [2.05, 4.69) is 15.3 Å². The van der Waals surface area contributed by atoms with Crippen LogP contribution in [0.3, 0.4) is 0 Å². The van der Waals surface area contributed by atoms with E-state index >= 15 is 0 Å². The number of aromatic amines is 1. The van der Waals surface area contributed by atoms with Gasteiger partial charge in [0.2, 0.25) is 0 Å². The topological polar surface area (TPSA) is 40.7 Å². The molecule has 2 aromatic heterocycles. The van der Waals surface area contributed by atoms with Crippen LogP contribution >= 0.6 is 0 Å². The predicted octanol–water partition coefficient (Wildman–Crippen LogP) is 1.98. The van der Waals surface area contributed by atoms with Crippen LogP contribution in [0.4, 0.5) is 4.39 Å². The van der Waals surface area contributed by atoms with Crippen LogP contribution in [0.15, 0.2) is 24.4 Å². The molecular weight excluding hydrogens is 205 g/mol. The zero-order valence-electron chi connectivity index (χ0n) is 8.91. The minimum Gasteiger partial charge on any atom is -0.360 e. The summed E-state index contributed by atoms with van der Waals surface area (Å²) in [6.45, 7) is 1.31. The first-order valence-corrected chi connectivity index (χ1v) is 5.63. The highest BCUT2D eigenvalue weighted by Crippen LogP contribution is 2.27. The molecule has 16 heavy (non-hydrogen) atoms. The highest BCUT2D eigenvalue weighted by Gasteiger charge is 2.27. The van der Waals surface area contributed by atoms with Gasteiger partial charge in [0.05, 0.1) is 11.0 Å². The van der Waals surface area contributed by atoms with Crippen LogP contribution in [0.2, 0.25) is 0 Å². The molecule has 0 aromatic carbocycles. The second-order valence-corrected chi connectivity index (χ2v) is 4.26. The number of nitrogens with zero attached hydrogens (tertiary/aromatic N) is 1. The fourth-order valence-electron chi connectivity index (χ4n) is 2.31. The second kappa shape index (κ2) is 3.87. The van der Waals surface area contributed by atoms with Gasteiger partial charge in [-0.3, -0.25) is 4.98 Å². The first-order chi connectivity index (χ1) is 7.84. The van der Waals surface area contributed by atoms with Gasteiger partial charge in [-0.25, -0.2) is 4.39 Å². The first kappa shape index (κ1) is 9.78. The van der Waals surface area contributed by atoms with Crippen molar-refractivity contribution in [1.29, 1.82) is 0 Å². The maximum Gasteiger partial charge on any atom is 0.121 e. The van der Waals surface area contributed by atoms with E-state index in [9.17, 15) is 4.39 Å². The quantitative estimate of drug-likeness (QED) is 0.770. The van der Waals surface area contributed by atoms with Crippen molar-refractivity contribution in [2.45, 2.75) is 18.5 Å². The fourth-order valence-corrected chi connectivity index (χ4v) is 2.31. The van der Waals surface area contributed by atoms with Crippen LogP contribution in [-0.4, -0.2) is 29.2 Å². The molecule has 2 unspecified atom stereocenters. The molecule has 3 rings (SSSR count). The molecule has 0 bridgehead atoms. The molecule has 0 amide bonds. The van der Waals surface area contributed by atoms with Gasteiger partial charge in [0.1, 0.15) is 6.17 Å². The van der Waals surface area contributed by atoms with Gasteiger partial charge in [0.15, 0.2) is 0 Å². The van der Waals surface area contributed by atoms with E-state index < -0.39 is 6.17 Å². The van der Waals surface area contributed by atoms with Gasteiger partial charge < -0.3 is 10.3 Å². The van der Waals surface area contributed by atoms with E-state index in [0.717, 1.165) is 29.7 Å². The minimum absolute atomic E-state index is 0.0550. The van der Waals surface area contributed by atoms with Crippen LogP contribution in [0.25, 0.3) is 11.0 Å². The lowest BCUT2D eigenvalue weighted by Crippen LogP contribution is -2.37. The minimum atomic E-state index is -0.822. The van der Waals surface area contributed by atoms with E-state index in [0.29, 0.717) is 6.54 Å². The van der Waals surface area contributed by atoms with E-state index in [1.807, 2.05) is 24.4 Å². The van der Waals surface area contributed by atoms with Crippen molar-refractivity contribution in [2.24, 2.45) is 0 Å². The van der Waals surface area contributed by atoms with E-state index in [1.165, 1.54) is 0 Å². The summed E-state index contributed by atoms with van der Waals surface area (Å²) >= 11 is 0. The normalized spacial score (nSPS) is 26.1. The monoisotopic (exact) mass is 219 g/mol. The first-order valence-electron chi connectivity index (χ1n) is 5.63. The van der Waals surface area contributed by atoms with E-state index in [-0.39, 0.29) is 5.92 Å². The molecule has 2 N–H and O–H groups in total. The van der Waals surface area contributed by atoms with Gasteiger partial charge in [0, 0.05) is 24.4 Å². The molecule has 1 saturated heterocycles. The average molecular weight is 219 g/mol. The summed E-state index contributed by atoms with van der Waals surface area (Å²) in [6.07, 6.45) is 1.86. The lowest BCUT2D eigenvalue weighted by atomic mass is 9.92. The third-order valence-corrected chi connectivity index (χ3v) is 3.21. The SMILES string of the molecule is FC1CNCCC1c1ccc2[nH]ccc2n1. The number of H-pyrrole nitrogens is 1. The molecule has 0 radical (unpaired) electrons. The van der Waals surface area contributed by atoms with Crippen LogP contribution in [0.1, 0.15) is 18.0 Å². The van der Waals surface area contributed by atoms with Crippen LogP contribution in [0, 0.1) is 0 Å². The Balaban J connectivity index is 1.97. The molecule has 84 valence electrons. The van der Waals surface area contributed by atoms with Gasteiger partial charge in [-0.1, -0.05) is 0 Å². The standard InChI is InChI=1S/C12H14FN3/c13-9-7-14-5-3-8(9)10-1-2-11-12(16-10)4-6-15-11/h1-2,4,6,8-9,14-15H,3,5,7H2. The van der Waals surface area contributed by atoms with Gasteiger partial charge >= 0.3 is 0 Å². The van der Waals surface area contributed by atoms with Crippen molar-refractivity contribution in [3.05, 3.63) is 30.1 Å². The number of nitrogens with one attached hydrogen (secondary N) is 2. The summed E-state index contributed by atoms with van der Waals surface area (Å²) in [6, 6.07) is 5.83. The largest absolute Gasteiger partial charge is 0.360 e. The summed E-state index contributed by atoms with van der Waals surface area (Å²) in [7, 11) is 0. The molecule has 4 heteroatoms. The summed E-state index contributed by atoms with van der Waals surface area (Å²) in [5.74, 6) is -0.0550. The molecule has 3 nitrogen and oxygen atoms in total. The number of fused-ring (bicyclic) bond motifs is 1. The van der Waals surface area contributed by atoms with Crippen LogP contribution in [0.5, 0.6) is 0 Å². The lowest BCUT2D eigenvalue weighted by molar-refractivity contribution is 0.229. The molecule has 2 atom stereocenters. The average Bonchev–Trinajstić information content (AvgIpc) is 2.76. The smallest absolute Gasteiger partial charge is 0.121 e. The van der Waals surface area contributed by atoms with Crippen molar-refractivity contribution in [3.63, 3.8) is 0 Å². The molecule has 1 fully saturated rings. The molecule has 2 aromatic rings. The number of hydrogen-bond acceptors (Lipinski definition) is 2. The summed E-state index contributed by atoms with van der Waals surface area (Å²) in [5.41, 5.74) is 2.80. The van der Waals surface area contributed by atoms with Crippen molar-refractivity contribution < 1.29 is 4.39 Å². The number of alkyl halides is 1. The Kier molecular flexibility index (Phi) is 2.36. The third-order valence-electron chi connectivity index (χ3n) is 3.21. The Hall–Kier alpha value is -1.42. The summed E-state index contributed by atoms with van der Waals surface area (Å²) in [4.78, 5) is 7.60. The zero-order chi connectivity index (χ0) is 11.0. The Morgan fingerprint density at radius 1 is 1.31 bits per heavy atom. The number of halogens is 1. The molecule has 0 aliphatic carbocycles. The van der Waals surface area contributed by atoms with Gasteiger partial charge in [0.25, 0.3) is 0 Å². The van der Waals surface area contributed by atoms with Gasteiger partial charge in [-0.15, -0.1) is 0 Å². The second-order valence-electron chi connectivity index (χ2n) is 4.26. The summed E-state index contributed by atoms with van der Waals surface area (Å²) < 4.78 is 13.7. The predicted molar refractivity (Wildman–Crippen MR) is 61.2 cm³/mol. The van der Waals surface area contributed by atoms with Crippen molar-refractivity contribution >= 4 is 11.0 Å². The number of hydrogen-bond donors (Lipinski definition) is 2. The Labute approximate surface area is 93.1 Å². The Morgan fingerprint density at radius 2 is 2.25 bits per heavy atom. The zero-order valence-corrected chi connectivity index (χ0v) is 8.91. The Bertz CT molecular complexity index is 494. The molecule has 0 spiro atoms.